The normalized spacial score (nSPS) is 19.5. The van der Waals surface area contributed by atoms with E-state index in [0.717, 1.165) is 51.1 Å². The Hall–Kier alpha value is -1.93. The highest BCUT2D eigenvalue weighted by Crippen LogP contribution is 2.17. The molecule has 2 heterocycles. The molecule has 3 rings (SSSR count). The van der Waals surface area contributed by atoms with Crippen molar-refractivity contribution in [2.75, 3.05) is 31.5 Å². The Morgan fingerprint density at radius 1 is 1.14 bits per heavy atom. The van der Waals surface area contributed by atoms with Crippen molar-refractivity contribution in [2.24, 2.45) is 10.9 Å². The average molecular weight is 407 g/mol. The molecule has 2 aliphatic rings. The van der Waals surface area contributed by atoms with Gasteiger partial charge in [0.05, 0.1) is 11.4 Å². The Morgan fingerprint density at radius 2 is 1.86 bits per heavy atom. The van der Waals surface area contributed by atoms with Crippen LogP contribution in [0.2, 0.25) is 0 Å². The third kappa shape index (κ3) is 6.04. The van der Waals surface area contributed by atoms with Gasteiger partial charge < -0.3 is 5.32 Å². The van der Waals surface area contributed by atoms with Crippen LogP contribution in [0.25, 0.3) is 0 Å². The van der Waals surface area contributed by atoms with Gasteiger partial charge >= 0.3 is 0 Å². The highest BCUT2D eigenvalue weighted by atomic mass is 32.2. The molecule has 1 aromatic rings. The van der Waals surface area contributed by atoms with Crippen LogP contribution >= 0.6 is 0 Å². The summed E-state index contributed by atoms with van der Waals surface area (Å²) < 4.78 is 27.7. The molecule has 28 heavy (non-hydrogen) atoms. The minimum Gasteiger partial charge on any atom is -0.325 e. The molecule has 1 amide bonds. The molecule has 0 aromatic heterocycles. The lowest BCUT2D eigenvalue weighted by atomic mass is 9.99. The predicted molar refractivity (Wildman–Crippen MR) is 111 cm³/mol. The van der Waals surface area contributed by atoms with Crippen LogP contribution < -0.4 is 10.0 Å². The summed E-state index contributed by atoms with van der Waals surface area (Å²) in [5, 5.41) is 2.85. The van der Waals surface area contributed by atoms with Crippen molar-refractivity contribution in [2.45, 2.75) is 50.3 Å². The van der Waals surface area contributed by atoms with Gasteiger partial charge in [0.15, 0.2) is 0 Å². The number of piperidine rings is 1. The maximum absolute atomic E-state index is 12.5. The van der Waals surface area contributed by atoms with E-state index in [-0.39, 0.29) is 10.8 Å². The van der Waals surface area contributed by atoms with Crippen LogP contribution in [0, 0.1) is 5.92 Å². The monoisotopic (exact) mass is 406 g/mol. The second-order valence-corrected chi connectivity index (χ2v) is 9.46. The summed E-state index contributed by atoms with van der Waals surface area (Å²) in [5.74, 6) is 1.19. The molecule has 0 aliphatic carbocycles. The van der Waals surface area contributed by atoms with Gasteiger partial charge in [-0.25, -0.2) is 8.42 Å². The summed E-state index contributed by atoms with van der Waals surface area (Å²) in [6.07, 6.45) is 5.91. The van der Waals surface area contributed by atoms with E-state index < -0.39 is 10.0 Å². The Labute approximate surface area is 167 Å². The van der Waals surface area contributed by atoms with Gasteiger partial charge in [-0.3, -0.25) is 19.4 Å². The molecule has 1 saturated heterocycles. The summed E-state index contributed by atoms with van der Waals surface area (Å²) in [6.45, 7) is 5.17. The number of anilines is 1. The Bertz CT molecular complexity index is 797. The fourth-order valence-electron chi connectivity index (χ4n) is 3.51. The van der Waals surface area contributed by atoms with Crippen molar-refractivity contribution in [1.82, 2.24) is 9.62 Å². The van der Waals surface area contributed by atoms with Gasteiger partial charge in [-0.15, -0.1) is 0 Å². The molecule has 0 atom stereocenters. The van der Waals surface area contributed by atoms with Gasteiger partial charge in [0.25, 0.3) is 10.0 Å². The molecule has 2 N–H and O–H groups in total. The van der Waals surface area contributed by atoms with Crippen molar-refractivity contribution < 1.29 is 13.2 Å². The highest BCUT2D eigenvalue weighted by molar-refractivity contribution is 7.90. The number of rotatable bonds is 5. The lowest BCUT2D eigenvalue weighted by molar-refractivity contribution is -0.117. The van der Waals surface area contributed by atoms with Crippen LogP contribution in [0.3, 0.4) is 0 Å². The van der Waals surface area contributed by atoms with E-state index in [4.69, 9.17) is 0 Å². The van der Waals surface area contributed by atoms with E-state index in [0.29, 0.717) is 31.0 Å². The number of amides is 1. The van der Waals surface area contributed by atoms with Crippen molar-refractivity contribution >= 4 is 27.5 Å². The maximum Gasteiger partial charge on any atom is 0.262 e. The average Bonchev–Trinajstić information content (AvgIpc) is 2.92. The molecular weight excluding hydrogens is 376 g/mol. The standard InChI is InChI=1S/C20H30N4O3S/c1-16-10-13-24(14-11-16)15-20(25)22-17-6-8-18(9-7-17)28(26,27)23-19-5-3-2-4-12-21-19/h6-9,16H,2-5,10-15H2,1H3,(H,21,23)(H,22,25). The molecule has 0 spiro atoms. The SMILES string of the molecule is CC1CCN(CC(=O)Nc2ccc(S(=O)(=O)NC3=NCCCCC3)cc2)CC1. The number of hydrogen-bond donors (Lipinski definition) is 2. The van der Waals surface area contributed by atoms with Gasteiger partial charge in [0.2, 0.25) is 5.91 Å². The topological polar surface area (TPSA) is 90.9 Å². The molecule has 1 aromatic carbocycles. The van der Waals surface area contributed by atoms with E-state index in [1.54, 1.807) is 12.1 Å². The number of likely N-dealkylation sites (tertiary alicyclic amines) is 1. The number of nitrogens with zero attached hydrogens (tertiary/aromatic N) is 2. The highest BCUT2D eigenvalue weighted by Gasteiger charge is 2.19. The molecule has 154 valence electrons. The first-order valence-electron chi connectivity index (χ1n) is 10.1. The van der Waals surface area contributed by atoms with Crippen molar-refractivity contribution in [3.8, 4) is 0 Å². The first-order chi connectivity index (χ1) is 13.4. The number of nitrogens with one attached hydrogen (secondary N) is 2. The molecule has 8 heteroatoms. The largest absolute Gasteiger partial charge is 0.325 e. The lowest BCUT2D eigenvalue weighted by Gasteiger charge is -2.29. The van der Waals surface area contributed by atoms with Crippen molar-refractivity contribution in [1.29, 1.82) is 0 Å². The van der Waals surface area contributed by atoms with E-state index in [1.807, 2.05) is 0 Å². The van der Waals surface area contributed by atoms with Gasteiger partial charge in [0, 0.05) is 18.7 Å². The Kier molecular flexibility index (Phi) is 7.07. The molecule has 7 nitrogen and oxygen atoms in total. The number of sulfonamides is 1. The number of carbonyl (C=O) groups is 1. The van der Waals surface area contributed by atoms with Crippen molar-refractivity contribution in [3.05, 3.63) is 24.3 Å². The Balaban J connectivity index is 1.55. The summed E-state index contributed by atoms with van der Waals surface area (Å²) in [4.78, 5) is 18.9. The lowest BCUT2D eigenvalue weighted by Crippen LogP contribution is -2.38. The van der Waals surface area contributed by atoms with Crippen LogP contribution in [0.5, 0.6) is 0 Å². The Morgan fingerprint density at radius 3 is 2.57 bits per heavy atom. The second-order valence-electron chi connectivity index (χ2n) is 7.78. The van der Waals surface area contributed by atoms with E-state index >= 15 is 0 Å². The molecule has 0 radical (unpaired) electrons. The maximum atomic E-state index is 12.5. The quantitative estimate of drug-likeness (QED) is 0.786. The number of aliphatic imine (C=N–C) groups is 1. The summed E-state index contributed by atoms with van der Waals surface area (Å²) >= 11 is 0. The molecular formula is C20H30N4O3S. The van der Waals surface area contributed by atoms with Gasteiger partial charge in [-0.05, 0) is 69.0 Å². The van der Waals surface area contributed by atoms with E-state index in [9.17, 15) is 13.2 Å². The number of hydrogen-bond acceptors (Lipinski definition) is 5. The third-order valence-electron chi connectivity index (χ3n) is 5.32. The van der Waals surface area contributed by atoms with Crippen LogP contribution in [0.15, 0.2) is 34.2 Å². The van der Waals surface area contributed by atoms with E-state index in [1.165, 1.54) is 12.1 Å². The predicted octanol–water partition coefficient (Wildman–Crippen LogP) is 2.61. The zero-order chi connectivity index (χ0) is 20.0. The molecule has 1 fully saturated rings. The van der Waals surface area contributed by atoms with Crippen LogP contribution in [-0.2, 0) is 14.8 Å². The zero-order valence-electron chi connectivity index (χ0n) is 16.5. The number of amidine groups is 1. The molecule has 0 saturated carbocycles. The fraction of sp³-hybridized carbons (Fsp3) is 0.600. The molecule has 0 bridgehead atoms. The third-order valence-corrected chi connectivity index (χ3v) is 6.72. The van der Waals surface area contributed by atoms with Crippen LogP contribution in [0.4, 0.5) is 5.69 Å². The second kappa shape index (κ2) is 9.52. The van der Waals surface area contributed by atoms with Crippen LogP contribution in [0.1, 0.15) is 45.4 Å². The number of carbonyl (C=O) groups excluding carboxylic acids is 1. The fourth-order valence-corrected chi connectivity index (χ4v) is 4.60. The summed E-state index contributed by atoms with van der Waals surface area (Å²) in [5.41, 5.74) is 0.598. The summed E-state index contributed by atoms with van der Waals surface area (Å²) in [7, 11) is -3.65. The minimum atomic E-state index is -3.65. The van der Waals surface area contributed by atoms with Gasteiger partial charge in [-0.1, -0.05) is 13.3 Å². The first-order valence-corrected chi connectivity index (χ1v) is 11.6. The number of benzene rings is 1. The van der Waals surface area contributed by atoms with Gasteiger partial charge in [-0.2, -0.15) is 0 Å². The molecule has 2 aliphatic heterocycles. The van der Waals surface area contributed by atoms with Crippen LogP contribution in [-0.4, -0.2) is 51.2 Å². The smallest absolute Gasteiger partial charge is 0.262 e. The van der Waals surface area contributed by atoms with Crippen molar-refractivity contribution in [3.63, 3.8) is 0 Å². The summed E-state index contributed by atoms with van der Waals surface area (Å²) in [6, 6.07) is 6.27. The molecule has 0 unspecified atom stereocenters. The minimum absolute atomic E-state index is 0.0731. The van der Waals surface area contributed by atoms with Gasteiger partial charge in [0.1, 0.15) is 5.84 Å². The first kappa shape index (κ1) is 20.8. The zero-order valence-corrected chi connectivity index (χ0v) is 17.3. The van der Waals surface area contributed by atoms with E-state index in [2.05, 4.69) is 26.9 Å².